The van der Waals surface area contributed by atoms with Gasteiger partial charge in [0.2, 0.25) is 0 Å². The summed E-state index contributed by atoms with van der Waals surface area (Å²) < 4.78 is 0. The molecule has 0 radical (unpaired) electrons. The number of carbonyl (C=O) groups is 1. The van der Waals surface area contributed by atoms with Crippen molar-refractivity contribution in [3.05, 3.63) is 39.6 Å². The Morgan fingerprint density at radius 3 is 2.24 bits per heavy atom. The minimum Gasteiger partial charge on any atom is -0.477 e. The summed E-state index contributed by atoms with van der Waals surface area (Å²) in [5.74, 6) is -0.884. The number of carboxylic acid groups (broad SMARTS) is 1. The second-order valence-corrected chi connectivity index (χ2v) is 4.94. The van der Waals surface area contributed by atoms with Crippen LogP contribution in [0.25, 0.3) is 11.1 Å². The number of anilines is 1. The highest BCUT2D eigenvalue weighted by Crippen LogP contribution is 2.29. The van der Waals surface area contributed by atoms with E-state index in [1.54, 1.807) is 6.07 Å². The van der Waals surface area contributed by atoms with E-state index >= 15 is 0 Å². The predicted molar refractivity (Wildman–Crippen MR) is 70.6 cm³/mol. The smallest absolute Gasteiger partial charge is 0.345 e. The molecule has 4 heteroatoms. The Labute approximate surface area is 104 Å². The molecule has 3 nitrogen and oxygen atoms in total. The van der Waals surface area contributed by atoms with E-state index in [0.717, 1.165) is 27.9 Å². The average Bonchev–Trinajstić information content (AvgIpc) is 2.74. The summed E-state index contributed by atoms with van der Waals surface area (Å²) in [7, 11) is 0. The molecular formula is C13H13NO2S. The largest absolute Gasteiger partial charge is 0.477 e. The van der Waals surface area contributed by atoms with Crippen molar-refractivity contribution in [2.45, 2.75) is 13.8 Å². The van der Waals surface area contributed by atoms with Crippen LogP contribution in [-0.4, -0.2) is 11.1 Å². The number of hydrogen-bond donors (Lipinski definition) is 2. The number of rotatable bonds is 2. The maximum Gasteiger partial charge on any atom is 0.345 e. The summed E-state index contributed by atoms with van der Waals surface area (Å²) in [6.07, 6.45) is 0. The monoisotopic (exact) mass is 247 g/mol. The minimum atomic E-state index is -0.884. The van der Waals surface area contributed by atoms with Gasteiger partial charge in [-0.25, -0.2) is 4.79 Å². The van der Waals surface area contributed by atoms with Crippen LogP contribution in [0.2, 0.25) is 0 Å². The molecule has 0 spiro atoms. The summed E-state index contributed by atoms with van der Waals surface area (Å²) in [5, 5.41) is 10.7. The van der Waals surface area contributed by atoms with Gasteiger partial charge in [-0.15, -0.1) is 11.3 Å². The second kappa shape index (κ2) is 4.22. The molecule has 0 bridgehead atoms. The SMILES string of the molecule is Cc1cc(-c2csc(C(=O)O)c2)cc(C)c1N. The van der Waals surface area contributed by atoms with Crippen molar-refractivity contribution in [2.24, 2.45) is 0 Å². The number of thiophene rings is 1. The fourth-order valence-corrected chi connectivity index (χ4v) is 2.49. The van der Waals surface area contributed by atoms with Gasteiger partial charge in [0.25, 0.3) is 0 Å². The van der Waals surface area contributed by atoms with Crippen LogP contribution in [0.3, 0.4) is 0 Å². The molecule has 88 valence electrons. The summed E-state index contributed by atoms with van der Waals surface area (Å²) >= 11 is 1.24. The van der Waals surface area contributed by atoms with Crippen LogP contribution in [0.15, 0.2) is 23.6 Å². The van der Waals surface area contributed by atoms with Gasteiger partial charge in [0, 0.05) is 5.69 Å². The first kappa shape index (κ1) is 11.7. The molecule has 0 atom stereocenters. The third kappa shape index (κ3) is 2.17. The maximum absolute atomic E-state index is 10.8. The van der Waals surface area contributed by atoms with Crippen LogP contribution in [0.5, 0.6) is 0 Å². The van der Waals surface area contributed by atoms with Gasteiger partial charge in [-0.1, -0.05) is 0 Å². The number of carboxylic acids is 1. The molecule has 0 aliphatic rings. The Morgan fingerprint density at radius 1 is 1.18 bits per heavy atom. The van der Waals surface area contributed by atoms with Crippen LogP contribution in [0.4, 0.5) is 5.69 Å². The normalized spacial score (nSPS) is 10.5. The number of nitrogens with two attached hydrogens (primary N) is 1. The van der Waals surface area contributed by atoms with E-state index in [9.17, 15) is 4.79 Å². The topological polar surface area (TPSA) is 63.3 Å². The number of aryl methyl sites for hydroxylation is 2. The Kier molecular flexibility index (Phi) is 2.90. The molecule has 0 saturated heterocycles. The summed E-state index contributed by atoms with van der Waals surface area (Å²) in [5.41, 5.74) is 10.7. The van der Waals surface area contributed by atoms with E-state index in [-0.39, 0.29) is 0 Å². The van der Waals surface area contributed by atoms with Crippen LogP contribution in [-0.2, 0) is 0 Å². The molecule has 2 aromatic rings. The molecule has 0 amide bonds. The zero-order chi connectivity index (χ0) is 12.6. The maximum atomic E-state index is 10.8. The summed E-state index contributed by atoms with van der Waals surface area (Å²) in [6.45, 7) is 3.91. The average molecular weight is 247 g/mol. The van der Waals surface area contributed by atoms with Crippen LogP contribution < -0.4 is 5.73 Å². The lowest BCUT2D eigenvalue weighted by Crippen LogP contribution is -1.94. The first-order chi connectivity index (χ1) is 7.99. The number of aromatic carboxylic acids is 1. The molecule has 0 aliphatic heterocycles. The Hall–Kier alpha value is -1.81. The lowest BCUT2D eigenvalue weighted by molar-refractivity contribution is 0.0702. The van der Waals surface area contributed by atoms with Crippen molar-refractivity contribution in [1.29, 1.82) is 0 Å². The van der Waals surface area contributed by atoms with E-state index in [4.69, 9.17) is 10.8 Å². The van der Waals surface area contributed by atoms with Gasteiger partial charge in [0.15, 0.2) is 0 Å². The first-order valence-electron chi connectivity index (χ1n) is 5.18. The molecule has 3 N–H and O–H groups in total. The highest BCUT2D eigenvalue weighted by Gasteiger charge is 2.09. The van der Waals surface area contributed by atoms with Crippen molar-refractivity contribution < 1.29 is 9.90 Å². The molecule has 0 unspecified atom stereocenters. The van der Waals surface area contributed by atoms with Gasteiger partial charge >= 0.3 is 5.97 Å². The molecule has 1 aromatic heterocycles. The van der Waals surface area contributed by atoms with Crippen LogP contribution >= 0.6 is 11.3 Å². The quantitative estimate of drug-likeness (QED) is 0.800. The van der Waals surface area contributed by atoms with E-state index in [1.165, 1.54) is 11.3 Å². The summed E-state index contributed by atoms with van der Waals surface area (Å²) in [6, 6.07) is 5.66. The lowest BCUT2D eigenvalue weighted by Gasteiger charge is -2.07. The fraction of sp³-hybridized carbons (Fsp3) is 0.154. The van der Waals surface area contributed by atoms with E-state index < -0.39 is 5.97 Å². The molecule has 0 fully saturated rings. The molecule has 0 saturated carbocycles. The van der Waals surface area contributed by atoms with Gasteiger partial charge < -0.3 is 10.8 Å². The zero-order valence-corrected chi connectivity index (χ0v) is 10.5. The van der Waals surface area contributed by atoms with Gasteiger partial charge in [-0.2, -0.15) is 0 Å². The third-order valence-electron chi connectivity index (χ3n) is 2.74. The van der Waals surface area contributed by atoms with Crippen LogP contribution in [0, 0.1) is 13.8 Å². The summed E-state index contributed by atoms with van der Waals surface area (Å²) in [4.78, 5) is 11.2. The molecule has 1 aromatic carbocycles. The molecule has 2 rings (SSSR count). The van der Waals surface area contributed by atoms with Gasteiger partial charge in [0.1, 0.15) is 4.88 Å². The van der Waals surface area contributed by atoms with Gasteiger partial charge in [0.05, 0.1) is 0 Å². The van der Waals surface area contributed by atoms with E-state index in [1.807, 2.05) is 31.4 Å². The number of benzene rings is 1. The lowest BCUT2D eigenvalue weighted by atomic mass is 10.0. The highest BCUT2D eigenvalue weighted by molar-refractivity contribution is 7.12. The third-order valence-corrected chi connectivity index (χ3v) is 3.66. The van der Waals surface area contributed by atoms with Crippen molar-refractivity contribution in [3.8, 4) is 11.1 Å². The standard InChI is InChI=1S/C13H13NO2S/c1-7-3-9(4-8(2)12(7)14)10-5-11(13(15)16)17-6-10/h3-6H,14H2,1-2H3,(H,15,16). The zero-order valence-electron chi connectivity index (χ0n) is 9.65. The molecule has 1 heterocycles. The number of nitrogen functional groups attached to an aromatic ring is 1. The Morgan fingerprint density at radius 2 is 1.76 bits per heavy atom. The van der Waals surface area contributed by atoms with E-state index in [0.29, 0.717) is 4.88 Å². The highest BCUT2D eigenvalue weighted by atomic mass is 32.1. The van der Waals surface area contributed by atoms with E-state index in [2.05, 4.69) is 0 Å². The van der Waals surface area contributed by atoms with Crippen molar-refractivity contribution >= 4 is 23.0 Å². The first-order valence-corrected chi connectivity index (χ1v) is 6.06. The van der Waals surface area contributed by atoms with Crippen molar-refractivity contribution in [1.82, 2.24) is 0 Å². The molecule has 0 aliphatic carbocycles. The van der Waals surface area contributed by atoms with Crippen molar-refractivity contribution in [2.75, 3.05) is 5.73 Å². The molecule has 17 heavy (non-hydrogen) atoms. The molecular weight excluding hydrogens is 234 g/mol. The Bertz CT molecular complexity index is 564. The van der Waals surface area contributed by atoms with Gasteiger partial charge in [-0.05, 0) is 59.7 Å². The van der Waals surface area contributed by atoms with Gasteiger partial charge in [-0.3, -0.25) is 0 Å². The fourth-order valence-electron chi connectivity index (χ4n) is 1.74. The number of hydrogen-bond acceptors (Lipinski definition) is 3. The Balaban J connectivity index is 2.49. The van der Waals surface area contributed by atoms with Crippen LogP contribution in [0.1, 0.15) is 20.8 Å². The van der Waals surface area contributed by atoms with Crippen molar-refractivity contribution in [3.63, 3.8) is 0 Å². The second-order valence-electron chi connectivity index (χ2n) is 4.03. The minimum absolute atomic E-state index is 0.354. The predicted octanol–water partition coefficient (Wildman–Crippen LogP) is 3.31.